The number of anilines is 4. The van der Waals surface area contributed by atoms with Crippen LogP contribution < -0.4 is 22.9 Å². The van der Waals surface area contributed by atoms with E-state index in [1.807, 2.05) is 0 Å². The van der Waals surface area contributed by atoms with Crippen molar-refractivity contribution in [3.8, 4) is 0 Å². The maximum Gasteiger partial charge on any atom is 0.0916 e. The molecule has 1 aromatic heterocycles. The third-order valence-corrected chi connectivity index (χ3v) is 2.84. The summed E-state index contributed by atoms with van der Waals surface area (Å²) in [5.41, 5.74) is 27.6. The first-order valence-electron chi connectivity index (χ1n) is 5.36. The first-order valence-corrected chi connectivity index (χ1v) is 5.36. The van der Waals surface area contributed by atoms with E-state index in [9.17, 15) is 0 Å². The molecular formula is C12H13ClN6. The van der Waals surface area contributed by atoms with Crippen LogP contribution in [0.25, 0.3) is 22.1 Å². The molecule has 0 saturated heterocycles. The molecule has 0 aliphatic heterocycles. The highest BCUT2D eigenvalue weighted by molar-refractivity contribution is 5.94. The van der Waals surface area contributed by atoms with Crippen molar-refractivity contribution in [2.45, 2.75) is 0 Å². The van der Waals surface area contributed by atoms with E-state index >= 15 is 0 Å². The minimum atomic E-state index is 0. The molecule has 7 heteroatoms. The molecule has 0 amide bonds. The van der Waals surface area contributed by atoms with Crippen LogP contribution in [0, 0.1) is 0 Å². The molecule has 0 bridgehead atoms. The number of aromatic nitrogens is 2. The van der Waals surface area contributed by atoms with Gasteiger partial charge in [-0.2, -0.15) is 0 Å². The van der Waals surface area contributed by atoms with E-state index in [4.69, 9.17) is 22.9 Å². The SMILES string of the molecule is Cl.Nc1cc2nc3cc(N)c(N)cc3nc2cc1N. The molecule has 0 aliphatic carbocycles. The number of nitrogens with zero attached hydrogens (tertiary/aromatic N) is 2. The van der Waals surface area contributed by atoms with Gasteiger partial charge in [0.1, 0.15) is 0 Å². The van der Waals surface area contributed by atoms with Gasteiger partial charge in [0.15, 0.2) is 0 Å². The molecule has 0 aliphatic rings. The molecule has 0 fully saturated rings. The number of fused-ring (bicyclic) bond motifs is 2. The van der Waals surface area contributed by atoms with Crippen LogP contribution in [0.2, 0.25) is 0 Å². The van der Waals surface area contributed by atoms with Gasteiger partial charge in [-0.25, -0.2) is 9.97 Å². The molecule has 3 aromatic rings. The summed E-state index contributed by atoms with van der Waals surface area (Å²) in [6.45, 7) is 0. The molecule has 0 spiro atoms. The molecule has 98 valence electrons. The van der Waals surface area contributed by atoms with Gasteiger partial charge in [-0.3, -0.25) is 0 Å². The average molecular weight is 277 g/mol. The van der Waals surface area contributed by atoms with E-state index < -0.39 is 0 Å². The Bertz CT molecular complexity index is 657. The zero-order valence-electron chi connectivity index (χ0n) is 9.92. The Morgan fingerprint density at radius 2 is 0.737 bits per heavy atom. The summed E-state index contributed by atoms with van der Waals surface area (Å²) in [5, 5.41) is 0. The number of hydrogen-bond donors (Lipinski definition) is 4. The van der Waals surface area contributed by atoms with Gasteiger partial charge >= 0.3 is 0 Å². The summed E-state index contributed by atoms with van der Waals surface area (Å²) in [7, 11) is 0. The lowest BCUT2D eigenvalue weighted by atomic mass is 10.2. The van der Waals surface area contributed by atoms with E-state index in [1.165, 1.54) is 0 Å². The van der Waals surface area contributed by atoms with E-state index in [0.717, 1.165) is 0 Å². The molecule has 0 saturated carbocycles. The highest BCUT2D eigenvalue weighted by Crippen LogP contribution is 2.26. The zero-order chi connectivity index (χ0) is 12.9. The standard InChI is InChI=1S/C12H12N6.ClH/c13-5-1-9-10(2-6(5)14)18-12-4-8(16)7(15)3-11(12)17-9;/h1-4H,13-16H2;1H. The van der Waals surface area contributed by atoms with Crippen LogP contribution in [0.1, 0.15) is 0 Å². The normalized spacial score (nSPS) is 10.5. The van der Waals surface area contributed by atoms with Crippen LogP contribution in [-0.4, -0.2) is 9.97 Å². The van der Waals surface area contributed by atoms with Crippen LogP contribution >= 0.6 is 12.4 Å². The molecular weight excluding hydrogens is 264 g/mol. The fourth-order valence-electron chi connectivity index (χ4n) is 1.84. The fraction of sp³-hybridized carbons (Fsp3) is 0. The van der Waals surface area contributed by atoms with Crippen LogP contribution in [0.5, 0.6) is 0 Å². The van der Waals surface area contributed by atoms with E-state index in [1.54, 1.807) is 24.3 Å². The number of rotatable bonds is 0. The number of benzene rings is 2. The Morgan fingerprint density at radius 1 is 0.526 bits per heavy atom. The van der Waals surface area contributed by atoms with Crippen molar-refractivity contribution in [1.29, 1.82) is 0 Å². The van der Waals surface area contributed by atoms with Crippen molar-refractivity contribution >= 4 is 57.2 Å². The maximum atomic E-state index is 5.75. The van der Waals surface area contributed by atoms with E-state index in [0.29, 0.717) is 44.8 Å². The zero-order valence-corrected chi connectivity index (χ0v) is 10.7. The highest BCUT2D eigenvalue weighted by Gasteiger charge is 2.06. The second kappa shape index (κ2) is 4.33. The molecule has 19 heavy (non-hydrogen) atoms. The Labute approximate surface area is 115 Å². The topological polar surface area (TPSA) is 130 Å². The average Bonchev–Trinajstić information content (AvgIpc) is 2.31. The second-order valence-electron chi connectivity index (χ2n) is 4.16. The maximum absolute atomic E-state index is 5.75. The molecule has 1 heterocycles. The fourth-order valence-corrected chi connectivity index (χ4v) is 1.84. The van der Waals surface area contributed by atoms with Crippen molar-refractivity contribution in [1.82, 2.24) is 9.97 Å². The van der Waals surface area contributed by atoms with Gasteiger partial charge in [-0.1, -0.05) is 0 Å². The predicted octanol–water partition coefficient (Wildman–Crippen LogP) is 1.53. The van der Waals surface area contributed by atoms with Gasteiger partial charge in [-0.05, 0) is 24.3 Å². The molecule has 8 N–H and O–H groups in total. The third-order valence-electron chi connectivity index (χ3n) is 2.84. The lowest BCUT2D eigenvalue weighted by Gasteiger charge is -2.06. The quantitative estimate of drug-likeness (QED) is 0.364. The molecule has 0 unspecified atom stereocenters. The van der Waals surface area contributed by atoms with Crippen LogP contribution in [0.3, 0.4) is 0 Å². The second-order valence-corrected chi connectivity index (χ2v) is 4.16. The largest absolute Gasteiger partial charge is 0.397 e. The highest BCUT2D eigenvalue weighted by atomic mass is 35.5. The number of hydrogen-bond acceptors (Lipinski definition) is 6. The summed E-state index contributed by atoms with van der Waals surface area (Å²) in [5.74, 6) is 0. The summed E-state index contributed by atoms with van der Waals surface area (Å²) in [6, 6.07) is 6.79. The van der Waals surface area contributed by atoms with Crippen molar-refractivity contribution in [2.75, 3.05) is 22.9 Å². The van der Waals surface area contributed by atoms with Gasteiger partial charge in [0.25, 0.3) is 0 Å². The number of halogens is 1. The van der Waals surface area contributed by atoms with Crippen molar-refractivity contribution in [3.63, 3.8) is 0 Å². The molecule has 2 aromatic carbocycles. The third kappa shape index (κ3) is 2.02. The Balaban J connectivity index is 0.00000133. The summed E-state index contributed by atoms with van der Waals surface area (Å²) in [6.07, 6.45) is 0. The minimum absolute atomic E-state index is 0. The first kappa shape index (κ1) is 13.0. The summed E-state index contributed by atoms with van der Waals surface area (Å²) < 4.78 is 0. The molecule has 0 atom stereocenters. The van der Waals surface area contributed by atoms with Crippen LogP contribution in [0.15, 0.2) is 24.3 Å². The van der Waals surface area contributed by atoms with Crippen molar-refractivity contribution in [3.05, 3.63) is 24.3 Å². The van der Waals surface area contributed by atoms with Crippen LogP contribution in [0.4, 0.5) is 22.7 Å². The minimum Gasteiger partial charge on any atom is -0.397 e. The van der Waals surface area contributed by atoms with E-state index in [-0.39, 0.29) is 12.4 Å². The van der Waals surface area contributed by atoms with Gasteiger partial charge in [-0.15, -0.1) is 12.4 Å². The van der Waals surface area contributed by atoms with Gasteiger partial charge < -0.3 is 22.9 Å². The predicted molar refractivity (Wildman–Crippen MR) is 81.9 cm³/mol. The first-order chi connectivity index (χ1) is 8.54. The lowest BCUT2D eigenvalue weighted by Crippen LogP contribution is -1.98. The van der Waals surface area contributed by atoms with Gasteiger partial charge in [0, 0.05) is 0 Å². The smallest absolute Gasteiger partial charge is 0.0916 e. The molecule has 6 nitrogen and oxygen atoms in total. The van der Waals surface area contributed by atoms with Crippen molar-refractivity contribution < 1.29 is 0 Å². The van der Waals surface area contributed by atoms with Gasteiger partial charge in [0.05, 0.1) is 44.8 Å². The Morgan fingerprint density at radius 3 is 0.947 bits per heavy atom. The van der Waals surface area contributed by atoms with Gasteiger partial charge in [0.2, 0.25) is 0 Å². The molecule has 3 rings (SSSR count). The monoisotopic (exact) mass is 276 g/mol. The lowest BCUT2D eigenvalue weighted by molar-refractivity contribution is 1.40. The summed E-state index contributed by atoms with van der Waals surface area (Å²) in [4.78, 5) is 8.90. The Kier molecular flexibility index (Phi) is 2.95. The van der Waals surface area contributed by atoms with Crippen molar-refractivity contribution in [2.24, 2.45) is 0 Å². The van der Waals surface area contributed by atoms with Crippen LogP contribution in [-0.2, 0) is 0 Å². The van der Waals surface area contributed by atoms with E-state index in [2.05, 4.69) is 9.97 Å². The summed E-state index contributed by atoms with van der Waals surface area (Å²) >= 11 is 0. The Hall–Kier alpha value is -2.47. The number of nitrogen functional groups attached to an aromatic ring is 4. The number of nitrogens with two attached hydrogens (primary N) is 4. The molecule has 0 radical (unpaired) electrons.